The molecule has 0 spiro atoms. The van der Waals surface area contributed by atoms with Crippen LogP contribution >= 0.6 is 15.9 Å². The van der Waals surface area contributed by atoms with Crippen LogP contribution in [0.3, 0.4) is 0 Å². The molecule has 15 heteroatoms. The Hall–Kier alpha value is -5.54. The van der Waals surface area contributed by atoms with Crippen molar-refractivity contribution in [2.24, 2.45) is 0 Å². The molecule has 8 rings (SSSR count). The van der Waals surface area contributed by atoms with Crippen LogP contribution < -0.4 is 9.80 Å². The summed E-state index contributed by atoms with van der Waals surface area (Å²) < 4.78 is 68.6. The summed E-state index contributed by atoms with van der Waals surface area (Å²) in [6, 6.07) is 19.8. The molecule has 1 atom stereocenters. The predicted molar refractivity (Wildman–Crippen MR) is 198 cm³/mol. The van der Waals surface area contributed by atoms with Gasteiger partial charge in [-0.25, -0.2) is 27.0 Å². The molecular weight excluding hydrogens is 768 g/mol. The summed E-state index contributed by atoms with van der Waals surface area (Å²) in [4.78, 5) is 22.7. The van der Waals surface area contributed by atoms with Gasteiger partial charge in [-0.05, 0) is 95.1 Å². The Kier molecular flexibility index (Phi) is 9.67. The summed E-state index contributed by atoms with van der Waals surface area (Å²) in [5, 5.41) is 8.30. The number of pyridine rings is 1. The van der Waals surface area contributed by atoms with Crippen LogP contribution in [-0.4, -0.2) is 74.4 Å². The monoisotopic (exact) mass is 800 g/mol. The number of hydrogen-bond acceptors (Lipinski definition) is 7. The maximum Gasteiger partial charge on any atom is 0.414 e. The van der Waals surface area contributed by atoms with E-state index in [0.717, 1.165) is 17.3 Å². The number of anilines is 2. The summed E-state index contributed by atoms with van der Waals surface area (Å²) in [5.74, 6) is -2.32. The summed E-state index contributed by atoms with van der Waals surface area (Å²) in [7, 11) is 0. The van der Waals surface area contributed by atoms with Crippen LogP contribution in [-0.2, 0) is 17.8 Å². The van der Waals surface area contributed by atoms with Gasteiger partial charge in [-0.1, -0.05) is 11.3 Å². The minimum absolute atomic E-state index is 0.189. The molecule has 3 aromatic carbocycles. The van der Waals surface area contributed by atoms with Crippen LogP contribution in [0.1, 0.15) is 11.3 Å². The highest BCUT2D eigenvalue weighted by Crippen LogP contribution is 2.36. The fraction of sp³-hybridized carbons (Fsp3) is 0.231. The molecule has 2 aliphatic rings. The van der Waals surface area contributed by atoms with Gasteiger partial charge in [0, 0.05) is 60.7 Å². The van der Waals surface area contributed by atoms with Gasteiger partial charge in [0.05, 0.1) is 47.7 Å². The van der Waals surface area contributed by atoms with E-state index in [1.165, 1.54) is 35.2 Å². The highest BCUT2D eigenvalue weighted by atomic mass is 79.9. The number of cyclic esters (lactones) is 1. The zero-order valence-corrected chi connectivity index (χ0v) is 30.6. The van der Waals surface area contributed by atoms with Crippen molar-refractivity contribution in [3.8, 4) is 28.3 Å². The molecule has 0 bridgehead atoms. The quantitative estimate of drug-likeness (QED) is 0.138. The van der Waals surface area contributed by atoms with Gasteiger partial charge in [0.1, 0.15) is 35.1 Å². The second-order valence-corrected chi connectivity index (χ2v) is 14.1. The van der Waals surface area contributed by atoms with E-state index >= 15 is 8.78 Å². The number of piperazine rings is 1. The molecule has 5 heterocycles. The number of nitrogens with zero attached hydrogens (tertiary/aromatic N) is 8. The first-order valence-corrected chi connectivity index (χ1v) is 18.1. The Morgan fingerprint density at radius 1 is 0.852 bits per heavy atom. The number of halogens is 5. The van der Waals surface area contributed by atoms with Crippen LogP contribution in [0, 0.1) is 30.2 Å². The molecule has 3 aromatic heterocycles. The Morgan fingerprint density at radius 2 is 1.65 bits per heavy atom. The number of amides is 1. The largest absolute Gasteiger partial charge is 0.442 e. The van der Waals surface area contributed by atoms with Gasteiger partial charge in [0.2, 0.25) is 0 Å². The van der Waals surface area contributed by atoms with Gasteiger partial charge in [0.15, 0.2) is 0 Å². The Morgan fingerprint density at radius 3 is 2.41 bits per heavy atom. The van der Waals surface area contributed by atoms with Gasteiger partial charge in [-0.3, -0.25) is 14.8 Å². The summed E-state index contributed by atoms with van der Waals surface area (Å²) in [5.41, 5.74) is 4.93. The maximum atomic E-state index is 15.7. The molecule has 10 nitrogen and oxygen atoms in total. The first-order valence-electron chi connectivity index (χ1n) is 17.3. The van der Waals surface area contributed by atoms with E-state index in [9.17, 15) is 13.6 Å². The van der Waals surface area contributed by atoms with Crippen LogP contribution in [0.4, 0.5) is 33.7 Å². The van der Waals surface area contributed by atoms with Gasteiger partial charge in [-0.15, -0.1) is 5.10 Å². The second-order valence-electron chi connectivity index (χ2n) is 13.3. The highest BCUT2D eigenvalue weighted by molar-refractivity contribution is 9.10. The predicted octanol–water partition coefficient (Wildman–Crippen LogP) is 7.77. The number of aromatic nitrogens is 5. The molecule has 6 aromatic rings. The van der Waals surface area contributed by atoms with Crippen molar-refractivity contribution in [1.29, 1.82) is 0 Å². The molecule has 0 aliphatic carbocycles. The van der Waals surface area contributed by atoms with Crippen molar-refractivity contribution in [2.45, 2.75) is 26.1 Å². The fourth-order valence-corrected chi connectivity index (χ4v) is 7.47. The van der Waals surface area contributed by atoms with E-state index < -0.39 is 35.5 Å². The van der Waals surface area contributed by atoms with Crippen molar-refractivity contribution >= 4 is 33.4 Å². The normalized spacial score (nSPS) is 16.3. The van der Waals surface area contributed by atoms with Crippen molar-refractivity contribution in [2.75, 3.05) is 42.5 Å². The third kappa shape index (κ3) is 7.08. The van der Waals surface area contributed by atoms with Gasteiger partial charge < -0.3 is 14.2 Å². The fourth-order valence-electron chi connectivity index (χ4n) is 7.04. The molecule has 0 saturated carbocycles. The van der Waals surface area contributed by atoms with Crippen LogP contribution in [0.5, 0.6) is 0 Å². The second kappa shape index (κ2) is 14.7. The lowest BCUT2D eigenvalue weighted by Crippen LogP contribution is -2.46. The van der Waals surface area contributed by atoms with E-state index in [0.29, 0.717) is 71.3 Å². The number of ether oxygens (including phenoxy) is 1. The smallest absolute Gasteiger partial charge is 0.414 e. The minimum atomic E-state index is -0.724. The first kappa shape index (κ1) is 35.5. The van der Waals surface area contributed by atoms with E-state index in [1.807, 2.05) is 36.1 Å². The maximum absolute atomic E-state index is 15.7. The van der Waals surface area contributed by atoms with Gasteiger partial charge >= 0.3 is 6.09 Å². The third-order valence-electron chi connectivity index (χ3n) is 9.79. The molecule has 1 amide bonds. The zero-order valence-electron chi connectivity index (χ0n) is 29.0. The molecule has 0 unspecified atom stereocenters. The zero-order chi connectivity index (χ0) is 37.5. The molecule has 2 saturated heterocycles. The van der Waals surface area contributed by atoms with E-state index in [1.54, 1.807) is 39.8 Å². The van der Waals surface area contributed by atoms with Gasteiger partial charge in [-0.2, -0.15) is 0 Å². The molecule has 276 valence electrons. The number of carbonyl (C=O) groups excluding carboxylic acids is 1. The third-order valence-corrected chi connectivity index (χ3v) is 10.5. The number of benzene rings is 3. The lowest BCUT2D eigenvalue weighted by atomic mass is 10.1. The summed E-state index contributed by atoms with van der Waals surface area (Å²) in [6.45, 7) is 5.20. The van der Waals surface area contributed by atoms with Crippen molar-refractivity contribution in [3.63, 3.8) is 0 Å². The number of carbonyl (C=O) groups is 1. The first-order chi connectivity index (χ1) is 26.1. The van der Waals surface area contributed by atoms with Crippen molar-refractivity contribution in [3.05, 3.63) is 130 Å². The van der Waals surface area contributed by atoms with Crippen LogP contribution in [0.15, 0.2) is 95.7 Å². The molecule has 0 radical (unpaired) electrons. The average Bonchev–Trinajstić information content (AvgIpc) is 3.87. The SMILES string of the molecule is Cc1c(CN2CCN(c3ccc(N4C[C@H](Cn5cc(-c6ccccn6)nn5)OC4=O)cc3F)CC2)cc(-c2ccc(F)cc2F)n1-c1cc(F)ccc1Br. The molecule has 54 heavy (non-hydrogen) atoms. The molecular formula is C39H33BrF4N8O2. The Balaban J connectivity index is 0.932. The lowest BCUT2D eigenvalue weighted by Gasteiger charge is -2.36. The van der Waals surface area contributed by atoms with Gasteiger partial charge in [0.25, 0.3) is 0 Å². The highest BCUT2D eigenvalue weighted by Gasteiger charge is 2.34. The number of hydrogen-bond donors (Lipinski definition) is 0. The Bertz CT molecular complexity index is 2340. The topological polar surface area (TPSA) is 84.6 Å². The van der Waals surface area contributed by atoms with Crippen LogP contribution in [0.25, 0.3) is 28.3 Å². The van der Waals surface area contributed by atoms with Crippen molar-refractivity contribution < 1.29 is 27.1 Å². The van der Waals surface area contributed by atoms with Crippen LogP contribution in [0.2, 0.25) is 0 Å². The minimum Gasteiger partial charge on any atom is -0.442 e. The van der Waals surface area contributed by atoms with Crippen molar-refractivity contribution in [1.82, 2.24) is 29.4 Å². The lowest BCUT2D eigenvalue weighted by molar-refractivity contribution is 0.129. The molecule has 0 N–H and O–H groups in total. The summed E-state index contributed by atoms with van der Waals surface area (Å²) in [6.07, 6.45) is 2.34. The van der Waals surface area contributed by atoms with E-state index in [-0.39, 0.29) is 18.7 Å². The van der Waals surface area contributed by atoms with E-state index in [2.05, 4.69) is 36.1 Å². The molecule has 2 fully saturated rings. The number of rotatable bonds is 9. The average molecular weight is 802 g/mol. The standard InChI is InChI=1S/C39H33BrF4N8O2/c1-24-25(16-37(30-8-5-26(41)17-32(30)43)52(24)38-18-27(42)6-9-31(38)40)20-48-12-14-49(15-13-48)36-10-7-28(19-33(36)44)51-22-29(54-39(51)53)21-50-23-35(46-47-50)34-4-2-3-11-45-34/h2-11,16-19,23,29H,12-15,20-22H2,1H3/t29-/m0/s1. The Labute approximate surface area is 316 Å². The molecule has 2 aliphatic heterocycles. The van der Waals surface area contributed by atoms with E-state index in [4.69, 9.17) is 4.74 Å². The summed E-state index contributed by atoms with van der Waals surface area (Å²) >= 11 is 3.51.